The van der Waals surface area contributed by atoms with Crippen LogP contribution < -0.4 is 0 Å². The molecule has 2 aliphatic carbocycles. The Labute approximate surface area is 191 Å². The summed E-state index contributed by atoms with van der Waals surface area (Å²) in [5, 5.41) is 0. The Balaban J connectivity index is 1.39. The highest BCUT2D eigenvalue weighted by atomic mass is 19.4. The summed E-state index contributed by atoms with van der Waals surface area (Å²) in [6.45, 7) is 6.28. The fraction of sp³-hybridized carbons (Fsp3) is 0.643. The molecule has 0 radical (unpaired) electrons. The van der Waals surface area contributed by atoms with Crippen LogP contribution in [0.3, 0.4) is 0 Å². The average molecular weight is 447 g/mol. The molecule has 32 heavy (non-hydrogen) atoms. The van der Waals surface area contributed by atoms with Crippen molar-refractivity contribution in [3.8, 4) is 11.8 Å². The highest BCUT2D eigenvalue weighted by Crippen LogP contribution is 2.37. The second kappa shape index (κ2) is 11.9. The highest BCUT2D eigenvalue weighted by Gasteiger charge is 2.35. The van der Waals surface area contributed by atoms with Crippen LogP contribution in [-0.4, -0.2) is 12.5 Å². The lowest BCUT2D eigenvalue weighted by molar-refractivity contribution is -0.345. The normalized spacial score (nSPS) is 27.2. The minimum Gasteiger partial charge on any atom is -0.289 e. The van der Waals surface area contributed by atoms with Crippen molar-refractivity contribution in [3.05, 3.63) is 48.0 Å². The zero-order valence-corrected chi connectivity index (χ0v) is 19.3. The van der Waals surface area contributed by atoms with Crippen LogP contribution in [0.2, 0.25) is 0 Å². The molecular formula is C28H37F3O. The predicted octanol–water partition coefficient (Wildman–Crippen LogP) is 8.08. The van der Waals surface area contributed by atoms with E-state index in [-0.39, 0.29) is 5.92 Å². The van der Waals surface area contributed by atoms with Crippen LogP contribution in [0, 0.1) is 35.5 Å². The molecule has 0 aromatic heterocycles. The van der Waals surface area contributed by atoms with Crippen LogP contribution in [0.25, 0.3) is 0 Å². The summed E-state index contributed by atoms with van der Waals surface area (Å²) >= 11 is 0. The molecule has 0 bridgehead atoms. The molecule has 1 unspecified atom stereocenters. The van der Waals surface area contributed by atoms with Gasteiger partial charge in [-0.3, -0.25) is 4.74 Å². The van der Waals surface area contributed by atoms with E-state index in [2.05, 4.69) is 60.4 Å². The molecule has 0 amide bonds. The summed E-state index contributed by atoms with van der Waals surface area (Å²) in [7, 11) is 0. The number of ether oxygens (including phenoxy) is 1. The first-order chi connectivity index (χ1) is 15.4. The standard InChI is InChI=1S/C28H37F3O/c1-3-25(4-2)26-17-13-23(14-18-26)11-9-21-5-7-22(8-6-21)10-12-24-15-19-27(20-16-24)32-28(29,30)31/h3,5-8,23-27H,1,4,9,11,13-20H2,2H3. The van der Waals surface area contributed by atoms with Crippen molar-refractivity contribution in [2.75, 3.05) is 0 Å². The third-order valence-electron chi connectivity index (χ3n) is 7.46. The van der Waals surface area contributed by atoms with Gasteiger partial charge in [0.15, 0.2) is 0 Å². The molecular weight excluding hydrogens is 409 g/mol. The second-order valence-electron chi connectivity index (χ2n) is 9.63. The van der Waals surface area contributed by atoms with Crippen LogP contribution in [-0.2, 0) is 11.2 Å². The Bertz CT molecular complexity index is 755. The first-order valence-electron chi connectivity index (χ1n) is 12.3. The molecule has 1 atom stereocenters. The van der Waals surface area contributed by atoms with Gasteiger partial charge < -0.3 is 0 Å². The van der Waals surface area contributed by atoms with Crippen LogP contribution in [0.15, 0.2) is 36.9 Å². The molecule has 0 N–H and O–H groups in total. The van der Waals surface area contributed by atoms with Crippen molar-refractivity contribution in [3.63, 3.8) is 0 Å². The maximum Gasteiger partial charge on any atom is 0.522 e. The van der Waals surface area contributed by atoms with Crippen molar-refractivity contribution >= 4 is 0 Å². The van der Waals surface area contributed by atoms with E-state index >= 15 is 0 Å². The Morgan fingerprint density at radius 1 is 1.03 bits per heavy atom. The van der Waals surface area contributed by atoms with Gasteiger partial charge in [-0.15, -0.1) is 19.8 Å². The van der Waals surface area contributed by atoms with Gasteiger partial charge in [-0.1, -0.05) is 49.8 Å². The fourth-order valence-corrected chi connectivity index (χ4v) is 5.42. The molecule has 176 valence electrons. The van der Waals surface area contributed by atoms with Gasteiger partial charge in [-0.2, -0.15) is 0 Å². The third-order valence-corrected chi connectivity index (χ3v) is 7.46. The maximum absolute atomic E-state index is 12.3. The number of alkyl halides is 3. The Morgan fingerprint density at radius 3 is 2.25 bits per heavy atom. The predicted molar refractivity (Wildman–Crippen MR) is 124 cm³/mol. The summed E-state index contributed by atoms with van der Waals surface area (Å²) < 4.78 is 41.1. The summed E-state index contributed by atoms with van der Waals surface area (Å²) in [5.74, 6) is 8.98. The minimum atomic E-state index is -4.53. The van der Waals surface area contributed by atoms with Crippen LogP contribution in [0.1, 0.15) is 82.3 Å². The van der Waals surface area contributed by atoms with Crippen molar-refractivity contribution < 1.29 is 17.9 Å². The summed E-state index contributed by atoms with van der Waals surface area (Å²) in [6.07, 6.45) is 8.04. The molecule has 1 aromatic carbocycles. The quantitative estimate of drug-likeness (QED) is 0.304. The van der Waals surface area contributed by atoms with Crippen LogP contribution >= 0.6 is 0 Å². The topological polar surface area (TPSA) is 9.23 Å². The van der Waals surface area contributed by atoms with Gasteiger partial charge in [-0.05, 0) is 93.2 Å². The Kier molecular flexibility index (Phi) is 9.29. The van der Waals surface area contributed by atoms with Crippen molar-refractivity contribution in [1.29, 1.82) is 0 Å². The lowest BCUT2D eigenvalue weighted by Gasteiger charge is -2.32. The van der Waals surface area contributed by atoms with Gasteiger partial charge in [0.1, 0.15) is 0 Å². The number of aryl methyl sites for hydroxylation is 1. The highest BCUT2D eigenvalue weighted by molar-refractivity contribution is 5.36. The third kappa shape index (κ3) is 8.00. The molecule has 1 nitrogen and oxygen atoms in total. The summed E-state index contributed by atoms with van der Waals surface area (Å²) in [6, 6.07) is 8.50. The number of rotatable bonds is 7. The van der Waals surface area contributed by atoms with Gasteiger partial charge in [-0.25, -0.2) is 0 Å². The van der Waals surface area contributed by atoms with Gasteiger partial charge in [0.05, 0.1) is 6.10 Å². The Hall–Kier alpha value is -1.73. The molecule has 0 spiro atoms. The van der Waals surface area contributed by atoms with E-state index in [4.69, 9.17) is 0 Å². The van der Waals surface area contributed by atoms with E-state index in [0.29, 0.717) is 31.6 Å². The van der Waals surface area contributed by atoms with E-state index in [0.717, 1.165) is 23.8 Å². The average Bonchev–Trinajstić information content (AvgIpc) is 2.78. The molecule has 3 rings (SSSR count). The number of allylic oxidation sites excluding steroid dienone is 1. The smallest absolute Gasteiger partial charge is 0.289 e. The van der Waals surface area contributed by atoms with Crippen LogP contribution in [0.4, 0.5) is 13.2 Å². The van der Waals surface area contributed by atoms with Crippen molar-refractivity contribution in [1.82, 2.24) is 0 Å². The van der Waals surface area contributed by atoms with E-state index in [1.807, 2.05) is 0 Å². The zero-order chi connectivity index (χ0) is 23.0. The van der Waals surface area contributed by atoms with E-state index < -0.39 is 12.5 Å². The molecule has 2 fully saturated rings. The molecule has 0 aliphatic heterocycles. The first kappa shape index (κ1) is 24.9. The Morgan fingerprint density at radius 2 is 1.69 bits per heavy atom. The fourth-order valence-electron chi connectivity index (χ4n) is 5.42. The summed E-state index contributed by atoms with van der Waals surface area (Å²) in [4.78, 5) is 0. The minimum absolute atomic E-state index is 0.159. The number of hydrogen-bond acceptors (Lipinski definition) is 1. The molecule has 2 aliphatic rings. The monoisotopic (exact) mass is 446 g/mol. The molecule has 2 saturated carbocycles. The molecule has 0 heterocycles. The zero-order valence-electron chi connectivity index (χ0n) is 19.3. The summed E-state index contributed by atoms with van der Waals surface area (Å²) in [5.41, 5.74) is 2.35. The molecule has 4 heteroatoms. The largest absolute Gasteiger partial charge is 0.522 e. The lowest BCUT2D eigenvalue weighted by Crippen LogP contribution is -2.27. The number of benzene rings is 1. The van der Waals surface area contributed by atoms with Crippen LogP contribution in [0.5, 0.6) is 0 Å². The van der Waals surface area contributed by atoms with E-state index in [1.165, 1.54) is 44.1 Å². The van der Waals surface area contributed by atoms with Gasteiger partial charge >= 0.3 is 6.36 Å². The SMILES string of the molecule is C=CC(CC)C1CCC(CCc2ccc(C#CC3CCC(OC(F)(F)F)CC3)cc2)CC1. The lowest BCUT2D eigenvalue weighted by atomic mass is 9.73. The van der Waals surface area contributed by atoms with Crippen molar-refractivity contribution in [2.24, 2.45) is 23.7 Å². The van der Waals surface area contributed by atoms with E-state index in [9.17, 15) is 13.2 Å². The number of hydrogen-bond donors (Lipinski definition) is 0. The first-order valence-corrected chi connectivity index (χ1v) is 12.3. The molecule has 1 aromatic rings. The van der Waals surface area contributed by atoms with Crippen molar-refractivity contribution in [2.45, 2.75) is 90.0 Å². The number of halogens is 3. The van der Waals surface area contributed by atoms with E-state index in [1.54, 1.807) is 0 Å². The molecule has 0 saturated heterocycles. The maximum atomic E-state index is 12.3. The second-order valence-corrected chi connectivity index (χ2v) is 9.63. The van der Waals surface area contributed by atoms with Gasteiger partial charge in [0.25, 0.3) is 0 Å². The van der Waals surface area contributed by atoms with Gasteiger partial charge in [0, 0.05) is 11.5 Å². The van der Waals surface area contributed by atoms with Gasteiger partial charge in [0.2, 0.25) is 0 Å².